The fraction of sp³-hybridized carbons (Fsp3) is 0.522. The summed E-state index contributed by atoms with van der Waals surface area (Å²) in [6.45, 7) is 6.45. The molecule has 0 aromatic heterocycles. The summed E-state index contributed by atoms with van der Waals surface area (Å²) in [6.07, 6.45) is 0.529. The summed E-state index contributed by atoms with van der Waals surface area (Å²) in [5.74, 6) is -0.872. The van der Waals surface area contributed by atoms with Crippen LogP contribution in [0.3, 0.4) is 0 Å². The molecule has 0 bridgehead atoms. The van der Waals surface area contributed by atoms with E-state index in [1.54, 1.807) is 17.0 Å². The normalized spacial score (nSPS) is 16.8. The van der Waals surface area contributed by atoms with Crippen LogP contribution in [0, 0.1) is 5.92 Å². The number of carbonyl (C=O) groups is 3. The van der Waals surface area contributed by atoms with E-state index in [2.05, 4.69) is 4.90 Å². The largest absolute Gasteiger partial charge is 0.466 e. The molecule has 33 heavy (non-hydrogen) atoms. The number of methoxy groups -OCH3 is 2. The van der Waals surface area contributed by atoms with Gasteiger partial charge in [-0.3, -0.25) is 4.79 Å². The van der Waals surface area contributed by atoms with Gasteiger partial charge < -0.3 is 28.9 Å². The number of carbonyl (C=O) groups excluding carboxylic acids is 3. The first-order valence-electron chi connectivity index (χ1n) is 10.8. The summed E-state index contributed by atoms with van der Waals surface area (Å²) in [5, 5.41) is 0.467. The summed E-state index contributed by atoms with van der Waals surface area (Å²) in [5.41, 5.74) is 1.55. The van der Waals surface area contributed by atoms with Crippen LogP contribution in [0.2, 0.25) is 5.02 Å². The van der Waals surface area contributed by atoms with E-state index >= 15 is 0 Å². The lowest BCUT2D eigenvalue weighted by Gasteiger charge is -2.39. The molecule has 1 amide bonds. The van der Waals surface area contributed by atoms with Gasteiger partial charge in [-0.05, 0) is 24.1 Å². The average Bonchev–Trinajstić information content (AvgIpc) is 2.82. The van der Waals surface area contributed by atoms with Gasteiger partial charge in [0.2, 0.25) is 5.91 Å². The van der Waals surface area contributed by atoms with Crippen molar-refractivity contribution >= 4 is 40.8 Å². The molecular formula is C23H30ClN3O6. The molecule has 0 radical (unpaired) electrons. The Hall–Kier alpha value is -2.78. The van der Waals surface area contributed by atoms with Crippen LogP contribution in [0.15, 0.2) is 29.5 Å². The molecule has 0 N–H and O–H groups in total. The lowest BCUT2D eigenvalue weighted by atomic mass is 10.1. The molecule has 2 aliphatic rings. The Morgan fingerprint density at radius 2 is 1.70 bits per heavy atom. The van der Waals surface area contributed by atoms with Crippen LogP contribution in [-0.4, -0.2) is 76.5 Å². The zero-order valence-corrected chi connectivity index (χ0v) is 20.2. The lowest BCUT2D eigenvalue weighted by molar-refractivity contribution is -0.140. The quantitative estimate of drug-likeness (QED) is 0.575. The predicted octanol–water partition coefficient (Wildman–Crippen LogP) is 2.43. The van der Waals surface area contributed by atoms with Crippen LogP contribution >= 0.6 is 11.6 Å². The van der Waals surface area contributed by atoms with Gasteiger partial charge in [0.1, 0.15) is 12.4 Å². The van der Waals surface area contributed by atoms with Gasteiger partial charge >= 0.3 is 11.9 Å². The Morgan fingerprint density at radius 3 is 2.30 bits per heavy atom. The third-order valence-corrected chi connectivity index (χ3v) is 5.85. The molecule has 1 fully saturated rings. The minimum atomic E-state index is -0.672. The fourth-order valence-electron chi connectivity index (χ4n) is 3.99. The van der Waals surface area contributed by atoms with Gasteiger partial charge in [0, 0.05) is 37.6 Å². The number of ether oxygens (including phenoxy) is 3. The Labute approximate surface area is 198 Å². The number of rotatable bonds is 6. The van der Waals surface area contributed by atoms with Crippen molar-refractivity contribution in [2.75, 3.05) is 63.5 Å². The monoisotopic (exact) mass is 479 g/mol. The van der Waals surface area contributed by atoms with Crippen molar-refractivity contribution in [3.05, 3.63) is 34.5 Å². The second-order valence-electron chi connectivity index (χ2n) is 8.31. The minimum Gasteiger partial charge on any atom is -0.466 e. The number of hydrogen-bond donors (Lipinski definition) is 0. The number of halogens is 1. The molecule has 0 saturated carbocycles. The number of piperazine rings is 1. The summed E-state index contributed by atoms with van der Waals surface area (Å²) in [4.78, 5) is 43.1. The number of esters is 2. The number of benzene rings is 1. The second kappa shape index (κ2) is 10.9. The average molecular weight is 480 g/mol. The highest BCUT2D eigenvalue weighted by Crippen LogP contribution is 2.37. The van der Waals surface area contributed by atoms with Gasteiger partial charge in [-0.25, -0.2) is 9.59 Å². The Morgan fingerprint density at radius 1 is 1.03 bits per heavy atom. The van der Waals surface area contributed by atoms with E-state index in [9.17, 15) is 14.4 Å². The van der Waals surface area contributed by atoms with E-state index in [-0.39, 0.29) is 30.5 Å². The maximum Gasteiger partial charge on any atom is 0.355 e. The molecular weight excluding hydrogens is 450 g/mol. The Balaban J connectivity index is 1.94. The van der Waals surface area contributed by atoms with Crippen LogP contribution in [0.25, 0.3) is 0 Å². The molecule has 10 heteroatoms. The van der Waals surface area contributed by atoms with E-state index in [1.165, 1.54) is 14.2 Å². The van der Waals surface area contributed by atoms with E-state index in [1.807, 2.05) is 24.8 Å². The van der Waals surface area contributed by atoms with Crippen LogP contribution in [0.4, 0.5) is 11.4 Å². The van der Waals surface area contributed by atoms with Crippen molar-refractivity contribution in [2.24, 2.45) is 5.92 Å². The van der Waals surface area contributed by atoms with Gasteiger partial charge in [-0.15, -0.1) is 0 Å². The standard InChI is InChI=1S/C23H30ClN3O6/c1-15(2)11-20(28)26-9-7-25(8-10-26)18-6-5-16(24)12-19(18)27-14-33-13-17(22(29)31-3)21(27)23(30)32-4/h5-6,12,15H,7-11,13-14H2,1-4H3. The van der Waals surface area contributed by atoms with E-state index in [0.29, 0.717) is 49.2 Å². The number of anilines is 2. The first kappa shape index (κ1) is 24.9. The maximum atomic E-state index is 12.7. The molecule has 3 rings (SSSR count). The lowest BCUT2D eigenvalue weighted by Crippen LogP contribution is -2.49. The highest BCUT2D eigenvalue weighted by Gasteiger charge is 2.34. The van der Waals surface area contributed by atoms with Crippen molar-refractivity contribution < 1.29 is 28.6 Å². The van der Waals surface area contributed by atoms with Crippen LogP contribution in [0.5, 0.6) is 0 Å². The maximum absolute atomic E-state index is 12.7. The Kier molecular flexibility index (Phi) is 8.20. The third kappa shape index (κ3) is 5.59. The molecule has 1 saturated heterocycles. The van der Waals surface area contributed by atoms with Crippen molar-refractivity contribution in [1.29, 1.82) is 0 Å². The number of nitrogens with zero attached hydrogens (tertiary/aromatic N) is 3. The van der Waals surface area contributed by atoms with Gasteiger partial charge in [-0.2, -0.15) is 0 Å². The second-order valence-corrected chi connectivity index (χ2v) is 8.75. The molecule has 2 heterocycles. The molecule has 0 atom stereocenters. The van der Waals surface area contributed by atoms with Crippen molar-refractivity contribution in [3.8, 4) is 0 Å². The van der Waals surface area contributed by atoms with Crippen molar-refractivity contribution in [2.45, 2.75) is 20.3 Å². The molecule has 0 spiro atoms. The minimum absolute atomic E-state index is 0.0328. The zero-order valence-electron chi connectivity index (χ0n) is 19.4. The summed E-state index contributed by atoms with van der Waals surface area (Å²) < 4.78 is 15.4. The van der Waals surface area contributed by atoms with E-state index in [4.69, 9.17) is 25.8 Å². The van der Waals surface area contributed by atoms with Gasteiger partial charge in [0.05, 0.1) is 37.8 Å². The first-order chi connectivity index (χ1) is 15.8. The van der Waals surface area contributed by atoms with Crippen molar-refractivity contribution in [3.63, 3.8) is 0 Å². The van der Waals surface area contributed by atoms with Crippen LogP contribution < -0.4 is 9.80 Å². The molecule has 1 aromatic carbocycles. The fourth-order valence-corrected chi connectivity index (χ4v) is 4.16. The topological polar surface area (TPSA) is 88.6 Å². The smallest absolute Gasteiger partial charge is 0.355 e. The highest BCUT2D eigenvalue weighted by molar-refractivity contribution is 6.31. The first-order valence-corrected chi connectivity index (χ1v) is 11.2. The molecule has 180 valence electrons. The Bertz CT molecular complexity index is 940. The van der Waals surface area contributed by atoms with Gasteiger partial charge in [-0.1, -0.05) is 25.4 Å². The summed E-state index contributed by atoms with van der Waals surface area (Å²) >= 11 is 6.31. The highest BCUT2D eigenvalue weighted by atomic mass is 35.5. The van der Waals surface area contributed by atoms with Gasteiger partial charge in [0.25, 0.3) is 0 Å². The molecule has 0 aliphatic carbocycles. The van der Waals surface area contributed by atoms with E-state index in [0.717, 1.165) is 5.69 Å². The molecule has 9 nitrogen and oxygen atoms in total. The zero-order chi connectivity index (χ0) is 24.1. The van der Waals surface area contributed by atoms with Crippen LogP contribution in [0.1, 0.15) is 20.3 Å². The summed E-state index contributed by atoms with van der Waals surface area (Å²) in [6, 6.07) is 5.36. The number of hydrogen-bond acceptors (Lipinski definition) is 8. The number of amides is 1. The summed E-state index contributed by atoms with van der Waals surface area (Å²) in [7, 11) is 2.50. The molecule has 2 aliphatic heterocycles. The molecule has 1 aromatic rings. The van der Waals surface area contributed by atoms with Crippen molar-refractivity contribution in [1.82, 2.24) is 4.90 Å². The third-order valence-electron chi connectivity index (χ3n) is 5.62. The predicted molar refractivity (Wildman–Crippen MR) is 124 cm³/mol. The van der Waals surface area contributed by atoms with E-state index < -0.39 is 11.9 Å². The van der Waals surface area contributed by atoms with Gasteiger partial charge in [0.15, 0.2) is 0 Å². The van der Waals surface area contributed by atoms with Crippen LogP contribution in [-0.2, 0) is 28.6 Å². The molecule has 0 unspecified atom stereocenters. The SMILES string of the molecule is COC(=O)C1=C(C(=O)OC)N(c2cc(Cl)ccc2N2CCN(C(=O)CC(C)C)CC2)COC1.